The highest BCUT2D eigenvalue weighted by molar-refractivity contribution is 7.22. The number of methoxy groups -OCH3 is 1. The average Bonchev–Trinajstić information content (AvgIpc) is 3.03. The summed E-state index contributed by atoms with van der Waals surface area (Å²) in [5.41, 5.74) is 6.65. The summed E-state index contributed by atoms with van der Waals surface area (Å²) in [7, 11) is 1.73. The molecule has 6 heteroatoms. The standard InChI is InChI=1S/C14H17N3O2S/c1-19-8-10-3-2-6-17(10)14-16-11-7-9(13(15)18)4-5-12(11)20-14/h4-5,7,10H,2-3,6,8H2,1H3,(H2,15,18). The van der Waals surface area contributed by atoms with Gasteiger partial charge in [-0.25, -0.2) is 4.98 Å². The molecule has 3 rings (SSSR count). The monoisotopic (exact) mass is 291 g/mol. The van der Waals surface area contributed by atoms with Crippen molar-refractivity contribution < 1.29 is 9.53 Å². The maximum atomic E-state index is 11.2. The molecule has 5 nitrogen and oxygen atoms in total. The van der Waals surface area contributed by atoms with Crippen LogP contribution in [0.15, 0.2) is 18.2 Å². The summed E-state index contributed by atoms with van der Waals surface area (Å²) in [6.07, 6.45) is 2.30. The summed E-state index contributed by atoms with van der Waals surface area (Å²) >= 11 is 1.65. The molecule has 1 aliphatic heterocycles. The summed E-state index contributed by atoms with van der Waals surface area (Å²) < 4.78 is 6.35. The van der Waals surface area contributed by atoms with Crippen LogP contribution in [0.25, 0.3) is 10.2 Å². The number of rotatable bonds is 4. The summed E-state index contributed by atoms with van der Waals surface area (Å²) in [4.78, 5) is 18.2. The number of carbonyl (C=O) groups is 1. The second kappa shape index (κ2) is 5.38. The molecule has 106 valence electrons. The second-order valence-electron chi connectivity index (χ2n) is 4.99. The molecule has 1 aliphatic rings. The summed E-state index contributed by atoms with van der Waals surface area (Å²) in [5.74, 6) is -0.417. The predicted octanol–water partition coefficient (Wildman–Crippen LogP) is 2.01. The van der Waals surface area contributed by atoms with E-state index in [1.807, 2.05) is 6.07 Å². The highest BCUT2D eigenvalue weighted by Gasteiger charge is 2.27. The van der Waals surface area contributed by atoms with Crippen molar-refractivity contribution in [2.75, 3.05) is 25.2 Å². The molecule has 1 atom stereocenters. The first-order chi connectivity index (χ1) is 9.69. The molecule has 0 saturated carbocycles. The number of hydrogen-bond acceptors (Lipinski definition) is 5. The predicted molar refractivity (Wildman–Crippen MR) is 80.4 cm³/mol. The van der Waals surface area contributed by atoms with Gasteiger partial charge in [-0.3, -0.25) is 4.79 Å². The number of benzene rings is 1. The van der Waals surface area contributed by atoms with Crippen molar-refractivity contribution in [1.82, 2.24) is 4.98 Å². The first kappa shape index (κ1) is 13.3. The van der Waals surface area contributed by atoms with E-state index in [9.17, 15) is 4.79 Å². The number of primary amides is 1. The highest BCUT2D eigenvalue weighted by atomic mass is 32.1. The fourth-order valence-electron chi connectivity index (χ4n) is 2.64. The van der Waals surface area contributed by atoms with Gasteiger partial charge < -0.3 is 15.4 Å². The molecular weight excluding hydrogens is 274 g/mol. The van der Waals surface area contributed by atoms with Gasteiger partial charge in [0.15, 0.2) is 5.13 Å². The minimum atomic E-state index is -0.417. The van der Waals surface area contributed by atoms with Crippen molar-refractivity contribution in [3.05, 3.63) is 23.8 Å². The van der Waals surface area contributed by atoms with Gasteiger partial charge in [0.05, 0.1) is 22.9 Å². The van der Waals surface area contributed by atoms with Gasteiger partial charge in [-0.2, -0.15) is 0 Å². The largest absolute Gasteiger partial charge is 0.383 e. The van der Waals surface area contributed by atoms with E-state index >= 15 is 0 Å². The van der Waals surface area contributed by atoms with Crippen LogP contribution in [0.1, 0.15) is 23.2 Å². The zero-order valence-corrected chi connectivity index (χ0v) is 12.2. The van der Waals surface area contributed by atoms with Gasteiger partial charge in [0.25, 0.3) is 0 Å². The molecule has 2 N–H and O–H groups in total. The Hall–Kier alpha value is -1.66. The SMILES string of the molecule is COCC1CCCN1c1nc2cc(C(N)=O)ccc2s1. The van der Waals surface area contributed by atoms with Crippen LogP contribution in [-0.4, -0.2) is 37.2 Å². The van der Waals surface area contributed by atoms with Crippen molar-refractivity contribution >= 4 is 32.6 Å². The number of thiazole rings is 1. The molecule has 0 aliphatic carbocycles. The molecule has 1 unspecified atom stereocenters. The van der Waals surface area contributed by atoms with Gasteiger partial charge in [-0.05, 0) is 31.0 Å². The zero-order valence-electron chi connectivity index (χ0n) is 11.3. The van der Waals surface area contributed by atoms with Gasteiger partial charge >= 0.3 is 0 Å². The van der Waals surface area contributed by atoms with E-state index in [1.165, 1.54) is 0 Å². The molecular formula is C14H17N3O2S. The smallest absolute Gasteiger partial charge is 0.248 e. The minimum absolute atomic E-state index is 0.399. The van der Waals surface area contributed by atoms with Crippen LogP contribution in [0.4, 0.5) is 5.13 Å². The Morgan fingerprint density at radius 3 is 3.20 bits per heavy atom. The lowest BCUT2D eigenvalue weighted by molar-refractivity contribution is 0.100. The molecule has 0 radical (unpaired) electrons. The summed E-state index contributed by atoms with van der Waals surface area (Å²) in [5, 5.41) is 1.00. The van der Waals surface area contributed by atoms with Crippen molar-refractivity contribution in [2.24, 2.45) is 5.73 Å². The molecule has 0 bridgehead atoms. The molecule has 20 heavy (non-hydrogen) atoms. The molecule has 1 aromatic carbocycles. The number of aromatic nitrogens is 1. The number of anilines is 1. The van der Waals surface area contributed by atoms with Crippen molar-refractivity contribution in [1.29, 1.82) is 0 Å². The summed E-state index contributed by atoms with van der Waals surface area (Å²) in [6, 6.07) is 5.83. The van der Waals surface area contributed by atoms with E-state index in [4.69, 9.17) is 10.5 Å². The molecule has 2 aromatic rings. The number of nitrogens with zero attached hydrogens (tertiary/aromatic N) is 2. The number of carbonyl (C=O) groups excluding carboxylic acids is 1. The maximum Gasteiger partial charge on any atom is 0.248 e. The van der Waals surface area contributed by atoms with Crippen LogP contribution in [0, 0.1) is 0 Å². The van der Waals surface area contributed by atoms with Crippen molar-refractivity contribution in [3.8, 4) is 0 Å². The fourth-order valence-corrected chi connectivity index (χ4v) is 3.69. The van der Waals surface area contributed by atoms with Gasteiger partial charge in [0.2, 0.25) is 5.91 Å². The lowest BCUT2D eigenvalue weighted by Crippen LogP contribution is -2.32. The number of ether oxygens (including phenoxy) is 1. The summed E-state index contributed by atoms with van der Waals surface area (Å²) in [6.45, 7) is 1.74. The zero-order chi connectivity index (χ0) is 14.1. The normalized spacial score (nSPS) is 18.9. The topological polar surface area (TPSA) is 68.4 Å². The number of amides is 1. The van der Waals surface area contributed by atoms with Gasteiger partial charge in [0, 0.05) is 19.2 Å². The Balaban J connectivity index is 1.94. The Labute approximate surface area is 121 Å². The fraction of sp³-hybridized carbons (Fsp3) is 0.429. The quantitative estimate of drug-likeness (QED) is 0.935. The lowest BCUT2D eigenvalue weighted by atomic mass is 10.2. The highest BCUT2D eigenvalue weighted by Crippen LogP contribution is 2.33. The van der Waals surface area contributed by atoms with Crippen LogP contribution in [0.5, 0.6) is 0 Å². The molecule has 1 saturated heterocycles. The van der Waals surface area contributed by atoms with E-state index in [0.717, 1.165) is 41.3 Å². The van der Waals surface area contributed by atoms with Crippen LogP contribution < -0.4 is 10.6 Å². The molecule has 1 fully saturated rings. The van der Waals surface area contributed by atoms with Crippen molar-refractivity contribution in [3.63, 3.8) is 0 Å². The van der Waals surface area contributed by atoms with E-state index in [0.29, 0.717) is 11.6 Å². The third kappa shape index (κ3) is 2.36. The Bertz CT molecular complexity index is 640. The average molecular weight is 291 g/mol. The van der Waals surface area contributed by atoms with Crippen LogP contribution in [0.2, 0.25) is 0 Å². The Kier molecular flexibility index (Phi) is 3.58. The van der Waals surface area contributed by atoms with E-state index in [2.05, 4.69) is 9.88 Å². The first-order valence-electron chi connectivity index (χ1n) is 6.65. The van der Waals surface area contributed by atoms with Crippen molar-refractivity contribution in [2.45, 2.75) is 18.9 Å². The number of fused-ring (bicyclic) bond motifs is 1. The van der Waals surface area contributed by atoms with E-state index in [-0.39, 0.29) is 0 Å². The number of nitrogens with two attached hydrogens (primary N) is 1. The molecule has 2 heterocycles. The first-order valence-corrected chi connectivity index (χ1v) is 7.46. The Morgan fingerprint density at radius 2 is 2.45 bits per heavy atom. The van der Waals surface area contributed by atoms with Crippen LogP contribution >= 0.6 is 11.3 Å². The maximum absolute atomic E-state index is 11.2. The molecule has 0 spiro atoms. The van der Waals surface area contributed by atoms with Crippen LogP contribution in [0.3, 0.4) is 0 Å². The van der Waals surface area contributed by atoms with Gasteiger partial charge in [0.1, 0.15) is 0 Å². The third-order valence-corrected chi connectivity index (χ3v) is 4.72. The second-order valence-corrected chi connectivity index (χ2v) is 6.00. The van der Waals surface area contributed by atoms with E-state index < -0.39 is 5.91 Å². The molecule has 1 amide bonds. The number of hydrogen-bond donors (Lipinski definition) is 1. The minimum Gasteiger partial charge on any atom is -0.383 e. The van der Waals surface area contributed by atoms with E-state index in [1.54, 1.807) is 30.6 Å². The molecule has 1 aromatic heterocycles. The van der Waals surface area contributed by atoms with Crippen LogP contribution in [-0.2, 0) is 4.74 Å². The third-order valence-electron chi connectivity index (χ3n) is 3.64. The lowest BCUT2D eigenvalue weighted by Gasteiger charge is -2.22. The van der Waals surface area contributed by atoms with Gasteiger partial charge in [-0.15, -0.1) is 0 Å². The van der Waals surface area contributed by atoms with Gasteiger partial charge in [-0.1, -0.05) is 11.3 Å². The Morgan fingerprint density at radius 1 is 1.60 bits per heavy atom.